The summed E-state index contributed by atoms with van der Waals surface area (Å²) in [6.45, 7) is -0.619. The predicted molar refractivity (Wildman–Crippen MR) is 172 cm³/mol. The number of carbonyl (C=O) groups excluding carboxylic acids is 2. The second-order valence-corrected chi connectivity index (χ2v) is 13.8. The summed E-state index contributed by atoms with van der Waals surface area (Å²) in [6.07, 6.45) is 5.15. The van der Waals surface area contributed by atoms with Gasteiger partial charge in [0.25, 0.3) is 0 Å². The highest BCUT2D eigenvalue weighted by atomic mass is 35.5. The number of anilines is 1. The molecule has 230 valence electrons. The molecule has 1 saturated carbocycles. The molecule has 8 nitrogen and oxygen atoms in total. The van der Waals surface area contributed by atoms with Crippen LogP contribution in [0.25, 0.3) is 0 Å². The first kappa shape index (κ1) is 32.8. The summed E-state index contributed by atoms with van der Waals surface area (Å²) < 4.78 is 29.1. The molecule has 0 aromatic heterocycles. The first-order valence-electron chi connectivity index (χ1n) is 14.4. The maximum atomic E-state index is 14.4. The highest BCUT2D eigenvalue weighted by Gasteiger charge is 2.36. The molecule has 43 heavy (non-hydrogen) atoms. The molecule has 0 radical (unpaired) electrons. The molecule has 1 aliphatic rings. The Labute approximate surface area is 264 Å². The van der Waals surface area contributed by atoms with Gasteiger partial charge >= 0.3 is 10.2 Å². The molecule has 1 aliphatic carbocycles. The Bertz CT molecular complexity index is 1460. The monoisotopic (exact) mass is 644 g/mol. The van der Waals surface area contributed by atoms with Gasteiger partial charge < -0.3 is 10.2 Å². The molecular formula is C32H38Cl2N4O4S. The van der Waals surface area contributed by atoms with Crippen molar-refractivity contribution in [3.63, 3.8) is 0 Å². The Balaban J connectivity index is 1.77. The normalized spacial score (nSPS) is 14.7. The highest BCUT2D eigenvalue weighted by Crippen LogP contribution is 2.28. The van der Waals surface area contributed by atoms with Gasteiger partial charge in [0.05, 0.1) is 5.69 Å². The molecule has 0 saturated heterocycles. The van der Waals surface area contributed by atoms with Crippen LogP contribution in [-0.4, -0.2) is 62.2 Å². The summed E-state index contributed by atoms with van der Waals surface area (Å²) >= 11 is 13.1. The van der Waals surface area contributed by atoms with Crippen LogP contribution in [0.4, 0.5) is 5.69 Å². The topological polar surface area (TPSA) is 90.0 Å². The van der Waals surface area contributed by atoms with Gasteiger partial charge in [-0.2, -0.15) is 12.7 Å². The second kappa shape index (κ2) is 15.1. The van der Waals surface area contributed by atoms with E-state index in [2.05, 4.69) is 5.32 Å². The molecule has 2 amide bonds. The van der Waals surface area contributed by atoms with Crippen LogP contribution in [0, 0.1) is 0 Å². The Kier molecular flexibility index (Phi) is 11.5. The smallest absolute Gasteiger partial charge is 0.304 e. The number of halogens is 2. The molecule has 1 N–H and O–H groups in total. The highest BCUT2D eigenvalue weighted by molar-refractivity contribution is 7.90. The quantitative estimate of drug-likeness (QED) is 0.274. The zero-order valence-corrected chi connectivity index (χ0v) is 26.8. The van der Waals surface area contributed by atoms with Crippen LogP contribution in [0.3, 0.4) is 0 Å². The zero-order chi connectivity index (χ0) is 31.0. The summed E-state index contributed by atoms with van der Waals surface area (Å²) in [7, 11) is -1.25. The molecule has 0 aliphatic heterocycles. The Morgan fingerprint density at radius 3 is 2.02 bits per heavy atom. The van der Waals surface area contributed by atoms with Gasteiger partial charge in [-0.05, 0) is 42.7 Å². The van der Waals surface area contributed by atoms with Crippen LogP contribution in [0.5, 0.6) is 0 Å². The van der Waals surface area contributed by atoms with Crippen LogP contribution in [0.1, 0.15) is 43.2 Å². The lowest BCUT2D eigenvalue weighted by Gasteiger charge is -2.35. The first-order chi connectivity index (χ1) is 20.6. The first-order valence-corrected chi connectivity index (χ1v) is 16.5. The molecular weight excluding hydrogens is 607 g/mol. The maximum absolute atomic E-state index is 14.4. The van der Waals surface area contributed by atoms with Crippen LogP contribution in [0.15, 0.2) is 78.9 Å². The van der Waals surface area contributed by atoms with E-state index < -0.39 is 28.7 Å². The van der Waals surface area contributed by atoms with E-state index in [1.54, 1.807) is 48.5 Å². The third-order valence-corrected chi connectivity index (χ3v) is 10.2. The van der Waals surface area contributed by atoms with Gasteiger partial charge in [-0.15, -0.1) is 0 Å². The van der Waals surface area contributed by atoms with Crippen molar-refractivity contribution in [2.75, 3.05) is 24.9 Å². The number of hydrogen-bond acceptors (Lipinski definition) is 4. The van der Waals surface area contributed by atoms with Gasteiger partial charge in [-0.1, -0.05) is 97.1 Å². The lowest BCUT2D eigenvalue weighted by molar-refractivity contribution is -0.140. The Hall–Kier alpha value is -3.11. The predicted octanol–water partition coefficient (Wildman–Crippen LogP) is 5.70. The fraction of sp³-hybridized carbons (Fsp3) is 0.375. The number of nitrogens with one attached hydrogen (secondary N) is 1. The Morgan fingerprint density at radius 2 is 1.44 bits per heavy atom. The summed E-state index contributed by atoms with van der Waals surface area (Å²) in [5.41, 5.74) is 1.66. The van der Waals surface area contributed by atoms with Crippen molar-refractivity contribution in [3.05, 3.63) is 100 Å². The van der Waals surface area contributed by atoms with Gasteiger partial charge in [0.15, 0.2) is 0 Å². The molecule has 0 unspecified atom stereocenters. The zero-order valence-electron chi connectivity index (χ0n) is 24.5. The van der Waals surface area contributed by atoms with Crippen molar-refractivity contribution < 1.29 is 18.0 Å². The molecule has 3 aromatic rings. The Morgan fingerprint density at radius 1 is 0.860 bits per heavy atom. The van der Waals surface area contributed by atoms with Gasteiger partial charge in [0.2, 0.25) is 11.8 Å². The number of hydrogen-bond donors (Lipinski definition) is 1. The molecule has 0 spiro atoms. The lowest BCUT2D eigenvalue weighted by atomic mass is 9.94. The van der Waals surface area contributed by atoms with E-state index in [0.29, 0.717) is 21.3 Å². The summed E-state index contributed by atoms with van der Waals surface area (Å²) in [4.78, 5) is 29.9. The average Bonchev–Trinajstić information content (AvgIpc) is 3.00. The second-order valence-electron chi connectivity index (χ2n) is 10.9. The third-order valence-electron chi connectivity index (χ3n) is 7.68. The minimum Gasteiger partial charge on any atom is -0.352 e. The van der Waals surface area contributed by atoms with Crippen molar-refractivity contribution in [1.29, 1.82) is 0 Å². The van der Waals surface area contributed by atoms with Crippen LogP contribution >= 0.6 is 23.2 Å². The number of nitrogens with zero attached hydrogens (tertiary/aromatic N) is 3. The number of benzene rings is 3. The number of amides is 2. The van der Waals surface area contributed by atoms with E-state index >= 15 is 0 Å². The molecule has 1 atom stereocenters. The fourth-order valence-corrected chi connectivity index (χ4v) is 6.84. The van der Waals surface area contributed by atoms with E-state index in [9.17, 15) is 18.0 Å². The molecule has 1 fully saturated rings. The van der Waals surface area contributed by atoms with E-state index in [1.165, 1.54) is 19.0 Å². The molecule has 0 heterocycles. The van der Waals surface area contributed by atoms with Gasteiger partial charge in [-0.3, -0.25) is 9.59 Å². The van der Waals surface area contributed by atoms with E-state index in [1.807, 2.05) is 30.3 Å². The molecule has 3 aromatic carbocycles. The van der Waals surface area contributed by atoms with Gasteiger partial charge in [-0.25, -0.2) is 4.31 Å². The maximum Gasteiger partial charge on any atom is 0.304 e. The van der Waals surface area contributed by atoms with Crippen LogP contribution in [0.2, 0.25) is 10.0 Å². The minimum absolute atomic E-state index is 0.00955. The van der Waals surface area contributed by atoms with Crippen molar-refractivity contribution >= 4 is 50.9 Å². The number of para-hydroxylation sites is 1. The molecule has 0 bridgehead atoms. The van der Waals surface area contributed by atoms with E-state index in [0.717, 1.165) is 46.3 Å². The van der Waals surface area contributed by atoms with Crippen molar-refractivity contribution in [1.82, 2.24) is 14.5 Å². The summed E-state index contributed by atoms with van der Waals surface area (Å²) in [5.74, 6) is -0.862. The largest absolute Gasteiger partial charge is 0.352 e. The molecule has 11 heteroatoms. The van der Waals surface area contributed by atoms with Crippen molar-refractivity contribution in [2.24, 2.45) is 0 Å². The third kappa shape index (κ3) is 8.50. The van der Waals surface area contributed by atoms with Crippen LogP contribution < -0.4 is 9.62 Å². The average molecular weight is 646 g/mol. The fourth-order valence-electron chi connectivity index (χ4n) is 5.26. The van der Waals surface area contributed by atoms with Crippen molar-refractivity contribution in [3.8, 4) is 0 Å². The summed E-state index contributed by atoms with van der Waals surface area (Å²) in [5, 5.41) is 3.87. The van der Waals surface area contributed by atoms with Crippen molar-refractivity contribution in [2.45, 2.75) is 57.2 Å². The van der Waals surface area contributed by atoms with Gasteiger partial charge in [0, 0.05) is 48.7 Å². The lowest BCUT2D eigenvalue weighted by Crippen LogP contribution is -2.55. The number of carbonyl (C=O) groups is 2. The van der Waals surface area contributed by atoms with E-state index in [-0.39, 0.29) is 24.9 Å². The van der Waals surface area contributed by atoms with E-state index in [4.69, 9.17) is 23.2 Å². The SMILES string of the molecule is CN(C)S(=O)(=O)N(CC(=O)N(Cc1c(Cl)cccc1Cl)[C@@H](Cc1ccccc1)C(=O)NC1CCCCC1)c1ccccc1. The standard InChI is InChI=1S/C32H38Cl2N4O4S/c1-36(2)43(41,42)38(26-17-10-5-11-18-26)23-31(39)37(22-27-28(33)19-12-20-29(27)34)30(21-24-13-6-3-7-14-24)32(40)35-25-15-8-4-9-16-25/h3,5-7,10-14,17-20,25,30H,4,8-9,15-16,21-23H2,1-2H3,(H,35,40)/t30-/m0/s1. The molecule has 4 rings (SSSR count). The number of rotatable bonds is 12. The van der Waals surface area contributed by atoms with Gasteiger partial charge in [0.1, 0.15) is 12.6 Å². The summed E-state index contributed by atoms with van der Waals surface area (Å²) in [6, 6.07) is 22.0. The minimum atomic E-state index is -4.07. The van der Waals surface area contributed by atoms with Crippen LogP contribution in [-0.2, 0) is 32.8 Å².